The fraction of sp³-hybridized carbons (Fsp3) is 0.217. The van der Waals surface area contributed by atoms with Gasteiger partial charge in [-0.1, -0.05) is 48.0 Å². The van der Waals surface area contributed by atoms with Crippen LogP contribution in [0.3, 0.4) is 0 Å². The molecule has 4 rings (SSSR count). The standard InChI is InChI=1S/C23H18ClN3O6/c24-19-11-4-3-10-18(19)21(29)25(13-20(28)14-6-5-7-15(12-14)27(32)33)26-22(30)16-8-1-2-9-17(16)23(26)31/h1-7,10-12,16-17H,8-9,13H2/t16-,17-/m1/s1. The predicted molar refractivity (Wildman–Crippen MR) is 117 cm³/mol. The Labute approximate surface area is 193 Å². The molecule has 0 radical (unpaired) electrons. The van der Waals surface area contributed by atoms with Gasteiger partial charge in [-0.3, -0.25) is 29.3 Å². The van der Waals surface area contributed by atoms with Gasteiger partial charge in [0.25, 0.3) is 23.4 Å². The molecule has 0 unspecified atom stereocenters. The Morgan fingerprint density at radius 3 is 2.27 bits per heavy atom. The average Bonchev–Trinajstić information content (AvgIpc) is 3.07. The maximum Gasteiger partial charge on any atom is 0.274 e. The van der Waals surface area contributed by atoms with Gasteiger partial charge in [0.05, 0.1) is 27.3 Å². The van der Waals surface area contributed by atoms with E-state index in [4.69, 9.17) is 11.6 Å². The summed E-state index contributed by atoms with van der Waals surface area (Å²) in [4.78, 5) is 63.1. The van der Waals surface area contributed by atoms with Gasteiger partial charge in [0.15, 0.2) is 5.78 Å². The van der Waals surface area contributed by atoms with Crippen molar-refractivity contribution in [2.45, 2.75) is 12.8 Å². The molecule has 0 spiro atoms. The van der Waals surface area contributed by atoms with Crippen LogP contribution in [0.5, 0.6) is 0 Å². The van der Waals surface area contributed by atoms with Crippen LogP contribution in [0.4, 0.5) is 5.69 Å². The highest BCUT2D eigenvalue weighted by molar-refractivity contribution is 6.34. The summed E-state index contributed by atoms with van der Waals surface area (Å²) in [6.45, 7) is -0.671. The zero-order valence-electron chi connectivity index (χ0n) is 17.2. The number of imide groups is 1. The van der Waals surface area contributed by atoms with Gasteiger partial charge >= 0.3 is 0 Å². The number of nitro groups is 1. The second-order valence-corrected chi connectivity index (χ2v) is 8.12. The third kappa shape index (κ3) is 4.14. The summed E-state index contributed by atoms with van der Waals surface area (Å²) < 4.78 is 0. The summed E-state index contributed by atoms with van der Waals surface area (Å²) in [7, 11) is 0. The zero-order chi connectivity index (χ0) is 23.7. The van der Waals surface area contributed by atoms with Crippen LogP contribution >= 0.6 is 11.6 Å². The van der Waals surface area contributed by atoms with Crippen LogP contribution in [0, 0.1) is 22.0 Å². The van der Waals surface area contributed by atoms with Crippen LogP contribution in [0.2, 0.25) is 5.02 Å². The molecule has 1 fully saturated rings. The first-order valence-electron chi connectivity index (χ1n) is 10.2. The molecule has 2 atom stereocenters. The summed E-state index contributed by atoms with van der Waals surface area (Å²) in [5.41, 5.74) is -0.311. The van der Waals surface area contributed by atoms with Gasteiger partial charge in [-0.2, -0.15) is 5.01 Å². The minimum atomic E-state index is -0.798. The van der Waals surface area contributed by atoms with Gasteiger partial charge in [0.1, 0.15) is 6.54 Å². The third-order valence-electron chi connectivity index (χ3n) is 5.74. The number of non-ortho nitro benzene ring substituents is 1. The SMILES string of the molecule is O=C(CN(C(=O)c1ccccc1Cl)N1C(=O)[C@@H]2CC=CC[C@H]2C1=O)c1cccc([N+](=O)[O-])c1. The first-order valence-corrected chi connectivity index (χ1v) is 10.5. The molecule has 0 N–H and O–H groups in total. The molecule has 0 saturated carbocycles. The lowest BCUT2D eigenvalue weighted by Gasteiger charge is -2.30. The largest absolute Gasteiger partial charge is 0.292 e. The predicted octanol–water partition coefficient (Wildman–Crippen LogP) is 3.44. The number of ketones is 1. The highest BCUT2D eigenvalue weighted by atomic mass is 35.5. The molecule has 0 bridgehead atoms. The third-order valence-corrected chi connectivity index (χ3v) is 6.07. The van der Waals surface area contributed by atoms with E-state index in [0.29, 0.717) is 12.8 Å². The molecule has 2 aliphatic rings. The lowest BCUT2D eigenvalue weighted by molar-refractivity contribution is -0.384. The van der Waals surface area contributed by atoms with Crippen molar-refractivity contribution < 1.29 is 24.1 Å². The molecule has 10 heteroatoms. The quantitative estimate of drug-likeness (QED) is 0.211. The molecule has 3 amide bonds. The van der Waals surface area contributed by atoms with Crippen LogP contribution < -0.4 is 0 Å². The van der Waals surface area contributed by atoms with E-state index in [1.807, 2.05) is 12.2 Å². The van der Waals surface area contributed by atoms with Gasteiger partial charge in [-0.15, -0.1) is 0 Å². The summed E-state index contributed by atoms with van der Waals surface area (Å²) in [6.07, 6.45) is 4.34. The monoisotopic (exact) mass is 467 g/mol. The van der Waals surface area contributed by atoms with Crippen molar-refractivity contribution >= 4 is 40.8 Å². The summed E-state index contributed by atoms with van der Waals surface area (Å²) in [5.74, 6) is -3.84. The van der Waals surface area contributed by atoms with E-state index in [2.05, 4.69) is 0 Å². The smallest absolute Gasteiger partial charge is 0.274 e. The Balaban J connectivity index is 1.71. The summed E-state index contributed by atoms with van der Waals surface area (Å²) >= 11 is 6.17. The molecular formula is C23H18ClN3O6. The molecule has 33 heavy (non-hydrogen) atoms. The van der Waals surface area contributed by atoms with Crippen LogP contribution in [0.1, 0.15) is 33.6 Å². The number of carbonyl (C=O) groups excluding carboxylic acids is 4. The molecule has 2 aromatic carbocycles. The highest BCUT2D eigenvalue weighted by Crippen LogP contribution is 2.36. The van der Waals surface area contributed by atoms with Gasteiger partial charge in [0, 0.05) is 17.7 Å². The Bertz CT molecular complexity index is 1180. The number of fused-ring (bicyclic) bond motifs is 1. The first-order chi connectivity index (χ1) is 15.8. The Morgan fingerprint density at radius 2 is 1.67 bits per heavy atom. The van der Waals surface area contributed by atoms with E-state index in [-0.39, 0.29) is 21.8 Å². The number of hydrogen-bond acceptors (Lipinski definition) is 6. The number of rotatable bonds is 6. The van der Waals surface area contributed by atoms with Gasteiger partial charge < -0.3 is 0 Å². The van der Waals surface area contributed by atoms with Gasteiger partial charge in [0.2, 0.25) is 0 Å². The Morgan fingerprint density at radius 1 is 1.03 bits per heavy atom. The van der Waals surface area contributed by atoms with E-state index in [1.165, 1.54) is 30.3 Å². The van der Waals surface area contributed by atoms with Crippen LogP contribution in [-0.4, -0.2) is 45.0 Å². The number of benzene rings is 2. The first kappa shape index (κ1) is 22.3. The molecule has 9 nitrogen and oxygen atoms in total. The number of halogens is 1. The topological polar surface area (TPSA) is 118 Å². The van der Waals surface area contributed by atoms with Crippen molar-refractivity contribution in [1.82, 2.24) is 10.0 Å². The molecule has 1 heterocycles. The summed E-state index contributed by atoms with van der Waals surface area (Å²) in [5, 5.41) is 12.7. The Hall–Kier alpha value is -3.85. The van der Waals surface area contributed by atoms with Crippen molar-refractivity contribution in [1.29, 1.82) is 0 Å². The molecule has 1 aliphatic heterocycles. The molecular weight excluding hydrogens is 450 g/mol. The summed E-state index contributed by atoms with van der Waals surface area (Å²) in [6, 6.07) is 11.1. The number of hydrogen-bond donors (Lipinski definition) is 0. The molecule has 2 aromatic rings. The second kappa shape index (κ2) is 8.95. The van der Waals surface area contributed by atoms with Crippen LogP contribution in [-0.2, 0) is 9.59 Å². The van der Waals surface area contributed by atoms with E-state index < -0.39 is 46.8 Å². The van der Waals surface area contributed by atoms with E-state index in [1.54, 1.807) is 12.1 Å². The number of Topliss-reactive ketones (excluding diaryl/α,β-unsaturated/α-hetero) is 1. The zero-order valence-corrected chi connectivity index (χ0v) is 18.0. The maximum absolute atomic E-state index is 13.4. The second-order valence-electron chi connectivity index (χ2n) is 7.72. The number of nitrogens with zero attached hydrogens (tertiary/aromatic N) is 3. The fourth-order valence-corrected chi connectivity index (χ4v) is 4.26. The number of carbonyl (C=O) groups is 4. The highest BCUT2D eigenvalue weighted by Gasteiger charge is 2.51. The number of nitro benzene ring substituents is 1. The van der Waals surface area contributed by atoms with Crippen molar-refractivity contribution in [2.75, 3.05) is 6.54 Å². The average molecular weight is 468 g/mol. The van der Waals surface area contributed by atoms with E-state index in [0.717, 1.165) is 16.1 Å². The number of allylic oxidation sites excluding steroid dienone is 2. The molecule has 168 valence electrons. The minimum absolute atomic E-state index is 0.0135. The maximum atomic E-state index is 13.4. The fourth-order valence-electron chi connectivity index (χ4n) is 4.05. The number of hydrazine groups is 1. The Kier molecular flexibility index (Phi) is 6.06. The minimum Gasteiger partial charge on any atom is -0.292 e. The normalized spacial score (nSPS) is 19.4. The van der Waals surface area contributed by atoms with Crippen molar-refractivity contribution in [2.24, 2.45) is 11.8 Å². The van der Waals surface area contributed by atoms with Crippen molar-refractivity contribution in [3.05, 3.63) is 86.9 Å². The van der Waals surface area contributed by atoms with E-state index >= 15 is 0 Å². The van der Waals surface area contributed by atoms with Crippen molar-refractivity contribution in [3.8, 4) is 0 Å². The molecule has 0 aromatic heterocycles. The number of amides is 3. The lowest BCUT2D eigenvalue weighted by atomic mass is 9.85. The molecule has 1 saturated heterocycles. The van der Waals surface area contributed by atoms with Crippen LogP contribution in [0.25, 0.3) is 0 Å². The van der Waals surface area contributed by atoms with Gasteiger partial charge in [-0.05, 0) is 25.0 Å². The van der Waals surface area contributed by atoms with Gasteiger partial charge in [-0.25, -0.2) is 5.01 Å². The van der Waals surface area contributed by atoms with E-state index in [9.17, 15) is 29.3 Å². The lowest BCUT2D eigenvalue weighted by Crippen LogP contribution is -2.52. The van der Waals surface area contributed by atoms with Crippen molar-refractivity contribution in [3.63, 3.8) is 0 Å². The molecule has 1 aliphatic carbocycles. The van der Waals surface area contributed by atoms with Crippen LogP contribution in [0.15, 0.2) is 60.7 Å².